The van der Waals surface area contributed by atoms with E-state index in [2.05, 4.69) is 21.2 Å². The van der Waals surface area contributed by atoms with Crippen molar-refractivity contribution in [1.82, 2.24) is 10.2 Å². The Bertz CT molecular complexity index is 786. The summed E-state index contributed by atoms with van der Waals surface area (Å²) in [6, 6.07) is 14.1. The third-order valence-corrected chi connectivity index (χ3v) is 4.93. The van der Waals surface area contributed by atoms with Gasteiger partial charge in [-0.25, -0.2) is 0 Å². The van der Waals surface area contributed by atoms with E-state index in [9.17, 15) is 9.59 Å². The van der Waals surface area contributed by atoms with Crippen molar-refractivity contribution >= 4 is 39.3 Å². The van der Waals surface area contributed by atoms with Crippen molar-refractivity contribution in [1.29, 1.82) is 0 Å². The van der Waals surface area contributed by atoms with E-state index in [0.717, 1.165) is 5.56 Å². The Morgan fingerprint density at radius 1 is 1.22 bits per heavy atom. The van der Waals surface area contributed by atoms with Gasteiger partial charge < -0.3 is 15.0 Å². The first-order chi connectivity index (χ1) is 13.0. The minimum Gasteiger partial charge on any atom is -0.483 e. The van der Waals surface area contributed by atoms with Gasteiger partial charge in [-0.2, -0.15) is 0 Å². The van der Waals surface area contributed by atoms with Crippen molar-refractivity contribution in [3.8, 4) is 5.75 Å². The number of likely N-dealkylation sites (N-methyl/N-ethyl adjacent to an activating group) is 1. The van der Waals surface area contributed by atoms with Crippen LogP contribution in [0, 0.1) is 0 Å². The van der Waals surface area contributed by atoms with Crippen LogP contribution in [-0.2, 0) is 16.1 Å². The monoisotopic (exact) mass is 452 g/mol. The molecule has 2 amide bonds. The van der Waals surface area contributed by atoms with Crippen LogP contribution < -0.4 is 10.1 Å². The van der Waals surface area contributed by atoms with Gasteiger partial charge in [0.2, 0.25) is 5.91 Å². The summed E-state index contributed by atoms with van der Waals surface area (Å²) in [5.74, 6) is 0.0472. The molecule has 0 radical (unpaired) electrons. The lowest BCUT2D eigenvalue weighted by Crippen LogP contribution is -2.49. The van der Waals surface area contributed by atoms with Crippen molar-refractivity contribution in [3.05, 3.63) is 63.6 Å². The molecule has 144 valence electrons. The number of ether oxygens (including phenoxy) is 1. The fourth-order valence-corrected chi connectivity index (χ4v) is 3.48. The van der Waals surface area contributed by atoms with Crippen LogP contribution >= 0.6 is 27.5 Å². The molecule has 1 atom stereocenters. The van der Waals surface area contributed by atoms with Crippen LogP contribution in [0.25, 0.3) is 0 Å². The van der Waals surface area contributed by atoms with Gasteiger partial charge in [0.1, 0.15) is 11.8 Å². The molecule has 0 unspecified atom stereocenters. The van der Waals surface area contributed by atoms with Gasteiger partial charge in [0, 0.05) is 18.6 Å². The Labute approximate surface area is 172 Å². The fraction of sp³-hybridized carbons (Fsp3) is 0.300. The molecule has 1 N–H and O–H groups in total. The maximum atomic E-state index is 12.9. The first-order valence-corrected chi connectivity index (χ1v) is 9.76. The number of rotatable bonds is 8. The van der Waals surface area contributed by atoms with Gasteiger partial charge in [-0.1, -0.05) is 48.9 Å². The van der Waals surface area contributed by atoms with Gasteiger partial charge in [-0.05, 0) is 46.1 Å². The molecule has 0 saturated carbocycles. The van der Waals surface area contributed by atoms with Crippen LogP contribution in [0.15, 0.2) is 53.0 Å². The molecule has 2 aromatic carbocycles. The first kappa shape index (κ1) is 21.3. The standard InChI is InChI=1S/C20H22BrClN2O3/c1-3-17(20(26)23-2)24(12-14-7-5-4-6-8-14)19(25)13-27-18-10-9-15(22)11-16(18)21/h4-11,17H,3,12-13H2,1-2H3,(H,23,26)/t17-/m1/s1. The van der Waals surface area contributed by atoms with Gasteiger partial charge in [0.05, 0.1) is 4.47 Å². The number of nitrogens with one attached hydrogen (secondary N) is 1. The van der Waals surface area contributed by atoms with E-state index in [4.69, 9.17) is 16.3 Å². The summed E-state index contributed by atoms with van der Waals surface area (Å²) in [6.07, 6.45) is 0.503. The number of hydrogen-bond acceptors (Lipinski definition) is 3. The Balaban J connectivity index is 2.17. The van der Waals surface area contributed by atoms with E-state index in [1.54, 1.807) is 30.1 Å². The van der Waals surface area contributed by atoms with Gasteiger partial charge in [-0.15, -0.1) is 0 Å². The molecule has 0 aliphatic heterocycles. The summed E-state index contributed by atoms with van der Waals surface area (Å²) >= 11 is 9.29. The molecule has 0 fully saturated rings. The lowest BCUT2D eigenvalue weighted by atomic mass is 10.1. The van der Waals surface area contributed by atoms with Crippen molar-refractivity contribution in [2.24, 2.45) is 0 Å². The molecule has 0 bridgehead atoms. The van der Waals surface area contributed by atoms with Gasteiger partial charge >= 0.3 is 0 Å². The minimum absolute atomic E-state index is 0.180. The second-order valence-corrected chi connectivity index (χ2v) is 7.20. The number of carbonyl (C=O) groups excluding carboxylic acids is 2. The Hall–Kier alpha value is -2.05. The number of benzene rings is 2. The zero-order valence-corrected chi connectivity index (χ0v) is 17.6. The molecule has 0 heterocycles. The summed E-state index contributed by atoms with van der Waals surface area (Å²) in [4.78, 5) is 26.7. The van der Waals surface area contributed by atoms with E-state index in [-0.39, 0.29) is 18.4 Å². The van der Waals surface area contributed by atoms with Crippen LogP contribution in [0.1, 0.15) is 18.9 Å². The molecule has 5 nitrogen and oxygen atoms in total. The predicted octanol–water partition coefficient (Wildman–Crippen LogP) is 4.03. The van der Waals surface area contributed by atoms with Gasteiger partial charge in [0.25, 0.3) is 5.91 Å². The van der Waals surface area contributed by atoms with E-state index in [1.165, 1.54) is 0 Å². The highest BCUT2D eigenvalue weighted by Crippen LogP contribution is 2.28. The van der Waals surface area contributed by atoms with Crippen molar-refractivity contribution in [2.75, 3.05) is 13.7 Å². The number of hydrogen-bond donors (Lipinski definition) is 1. The van der Waals surface area contributed by atoms with E-state index in [1.807, 2.05) is 37.3 Å². The van der Waals surface area contributed by atoms with E-state index < -0.39 is 6.04 Å². The zero-order chi connectivity index (χ0) is 19.8. The van der Waals surface area contributed by atoms with Gasteiger partial charge in [0.15, 0.2) is 6.61 Å². The largest absolute Gasteiger partial charge is 0.483 e. The van der Waals surface area contributed by atoms with Crippen LogP contribution in [0.5, 0.6) is 5.75 Å². The SMILES string of the molecule is CC[C@H](C(=O)NC)N(Cc1ccccc1)C(=O)COc1ccc(Cl)cc1Br. The predicted molar refractivity (Wildman–Crippen MR) is 110 cm³/mol. The summed E-state index contributed by atoms with van der Waals surface area (Å²) in [5, 5.41) is 3.20. The quantitative estimate of drug-likeness (QED) is 0.656. The van der Waals surface area contributed by atoms with E-state index in [0.29, 0.717) is 28.2 Å². The second kappa shape index (κ2) is 10.3. The molecule has 2 rings (SSSR count). The van der Waals surface area contributed by atoms with Crippen molar-refractivity contribution < 1.29 is 14.3 Å². The molecule has 2 aromatic rings. The lowest BCUT2D eigenvalue weighted by molar-refractivity contribution is -0.142. The maximum Gasteiger partial charge on any atom is 0.261 e. The first-order valence-electron chi connectivity index (χ1n) is 8.59. The number of amides is 2. The topological polar surface area (TPSA) is 58.6 Å². The summed E-state index contributed by atoms with van der Waals surface area (Å²) < 4.78 is 6.31. The normalized spacial score (nSPS) is 11.6. The maximum absolute atomic E-state index is 12.9. The van der Waals surface area contributed by atoms with Crippen LogP contribution in [0.2, 0.25) is 5.02 Å². The van der Waals surface area contributed by atoms with E-state index >= 15 is 0 Å². The lowest BCUT2D eigenvalue weighted by Gasteiger charge is -2.30. The Morgan fingerprint density at radius 3 is 2.52 bits per heavy atom. The van der Waals surface area contributed by atoms with Gasteiger partial charge in [-0.3, -0.25) is 9.59 Å². The molecular formula is C20H22BrClN2O3. The molecule has 0 spiro atoms. The number of nitrogens with zero attached hydrogens (tertiary/aromatic N) is 1. The minimum atomic E-state index is -0.569. The molecule has 0 aliphatic rings. The Morgan fingerprint density at radius 2 is 1.93 bits per heavy atom. The highest BCUT2D eigenvalue weighted by molar-refractivity contribution is 9.10. The zero-order valence-electron chi connectivity index (χ0n) is 15.2. The molecule has 0 saturated heterocycles. The van der Waals surface area contributed by atoms with Crippen LogP contribution in [0.4, 0.5) is 0 Å². The molecule has 7 heteroatoms. The Kier molecular flexibility index (Phi) is 8.13. The number of carbonyl (C=O) groups is 2. The third-order valence-electron chi connectivity index (χ3n) is 4.07. The molecule has 0 aliphatic carbocycles. The highest BCUT2D eigenvalue weighted by Gasteiger charge is 2.28. The van der Waals surface area contributed by atoms with Crippen LogP contribution in [0.3, 0.4) is 0 Å². The summed E-state index contributed by atoms with van der Waals surface area (Å²) in [6.45, 7) is 2.03. The van der Waals surface area contributed by atoms with Crippen molar-refractivity contribution in [3.63, 3.8) is 0 Å². The average molecular weight is 454 g/mol. The average Bonchev–Trinajstić information content (AvgIpc) is 2.67. The third kappa shape index (κ3) is 5.97. The fourth-order valence-electron chi connectivity index (χ4n) is 2.68. The summed E-state index contributed by atoms with van der Waals surface area (Å²) in [5.41, 5.74) is 0.945. The highest BCUT2D eigenvalue weighted by atomic mass is 79.9. The van der Waals surface area contributed by atoms with Crippen LogP contribution in [-0.4, -0.2) is 36.4 Å². The number of halogens is 2. The second-order valence-electron chi connectivity index (χ2n) is 5.91. The smallest absolute Gasteiger partial charge is 0.261 e. The molecular weight excluding hydrogens is 432 g/mol. The summed E-state index contributed by atoms with van der Waals surface area (Å²) in [7, 11) is 1.57. The molecule has 27 heavy (non-hydrogen) atoms. The molecule has 0 aromatic heterocycles. The van der Waals surface area contributed by atoms with Crippen molar-refractivity contribution in [2.45, 2.75) is 25.9 Å².